The van der Waals surface area contributed by atoms with Gasteiger partial charge in [-0.3, -0.25) is 0 Å². The molecule has 8 aromatic carbocycles. The van der Waals surface area contributed by atoms with Gasteiger partial charge < -0.3 is 9.47 Å². The SMILES string of the molecule is [Ba+2].c1ccc2c(c1)Oc1ccccc1[C-]2c1cccc2ccccc12.c1ccc2c(c1)Oc1ccccc1[C-]2c1cccc2ccccc12. The van der Waals surface area contributed by atoms with Crippen molar-refractivity contribution in [1.29, 1.82) is 0 Å². The van der Waals surface area contributed by atoms with Crippen molar-refractivity contribution in [3.8, 4) is 23.0 Å². The molecule has 8 aromatic rings. The Kier molecular flexibility index (Phi) is 8.73. The van der Waals surface area contributed by atoms with Crippen LogP contribution in [0.4, 0.5) is 0 Å². The average Bonchev–Trinajstić information content (AvgIpc) is 3.16. The van der Waals surface area contributed by atoms with Crippen molar-refractivity contribution >= 4 is 70.4 Å². The van der Waals surface area contributed by atoms with Gasteiger partial charge in [0.25, 0.3) is 0 Å². The molecule has 0 spiro atoms. The van der Waals surface area contributed by atoms with Crippen molar-refractivity contribution in [1.82, 2.24) is 0 Å². The standard InChI is InChI=1S/2C23H15O.Ba/c2*1-2-10-17-16(8-1)9-7-13-18(17)23-19-11-3-5-14-21(19)24-22-15-6-4-12-20(22)23;/h2*1-15H;/q2*-1;+2. The second-order valence-corrected chi connectivity index (χ2v) is 12.0. The summed E-state index contributed by atoms with van der Waals surface area (Å²) in [7, 11) is 0. The molecule has 0 aromatic heterocycles. The van der Waals surface area contributed by atoms with Gasteiger partial charge in [-0.15, -0.1) is 0 Å². The monoisotopic (exact) mass is 752 g/mol. The molecule has 3 heteroatoms. The van der Waals surface area contributed by atoms with Gasteiger partial charge in [-0.25, -0.2) is 0 Å². The zero-order valence-electron chi connectivity index (χ0n) is 26.8. The number of ether oxygens (including phenoxy) is 2. The molecular formula is C46H30BaO2. The molecule has 0 unspecified atom stereocenters. The average molecular weight is 752 g/mol. The molecule has 49 heavy (non-hydrogen) atoms. The van der Waals surface area contributed by atoms with Crippen LogP contribution in [0, 0.1) is 11.8 Å². The first-order valence-electron chi connectivity index (χ1n) is 16.3. The summed E-state index contributed by atoms with van der Waals surface area (Å²) in [6.07, 6.45) is 0. The normalized spacial score (nSPS) is 12.2. The Balaban J connectivity index is 0.000000139. The minimum atomic E-state index is 0. The molecule has 10 rings (SSSR count). The number of para-hydroxylation sites is 4. The van der Waals surface area contributed by atoms with Gasteiger partial charge in [0, 0.05) is 0 Å². The molecule has 0 bridgehead atoms. The Morgan fingerprint density at radius 1 is 0.265 bits per heavy atom. The third-order valence-corrected chi connectivity index (χ3v) is 9.18. The Morgan fingerprint density at radius 2 is 0.531 bits per heavy atom. The molecule has 2 aliphatic heterocycles. The summed E-state index contributed by atoms with van der Waals surface area (Å²) >= 11 is 0. The van der Waals surface area contributed by atoms with E-state index in [-0.39, 0.29) is 48.9 Å². The van der Waals surface area contributed by atoms with Crippen LogP contribution >= 0.6 is 0 Å². The van der Waals surface area contributed by atoms with E-state index < -0.39 is 0 Å². The van der Waals surface area contributed by atoms with Gasteiger partial charge in [0.2, 0.25) is 0 Å². The van der Waals surface area contributed by atoms with E-state index in [1.165, 1.54) is 44.5 Å². The predicted molar refractivity (Wildman–Crippen MR) is 201 cm³/mol. The Morgan fingerprint density at radius 3 is 0.898 bits per heavy atom. The fourth-order valence-electron chi connectivity index (χ4n) is 7.04. The molecule has 0 aliphatic carbocycles. The summed E-state index contributed by atoms with van der Waals surface area (Å²) in [6.45, 7) is 0. The predicted octanol–water partition coefficient (Wildman–Crippen LogP) is 11.5. The number of rotatable bonds is 2. The second-order valence-electron chi connectivity index (χ2n) is 12.0. The molecule has 0 amide bonds. The van der Waals surface area contributed by atoms with E-state index in [2.05, 4.69) is 133 Å². The van der Waals surface area contributed by atoms with Crippen molar-refractivity contribution in [3.05, 3.63) is 227 Å². The maximum atomic E-state index is 6.12. The second kappa shape index (κ2) is 13.6. The molecule has 0 saturated carbocycles. The van der Waals surface area contributed by atoms with Gasteiger partial charge in [-0.1, -0.05) is 191 Å². The number of benzene rings is 8. The van der Waals surface area contributed by atoms with Crippen LogP contribution in [0.25, 0.3) is 21.5 Å². The molecule has 0 radical (unpaired) electrons. The fourth-order valence-corrected chi connectivity index (χ4v) is 7.04. The summed E-state index contributed by atoms with van der Waals surface area (Å²) in [5, 5.41) is 5.04. The van der Waals surface area contributed by atoms with E-state index in [1.807, 2.05) is 48.5 Å². The van der Waals surface area contributed by atoms with Crippen LogP contribution in [-0.2, 0) is 0 Å². The summed E-state index contributed by atoms with van der Waals surface area (Å²) in [5.41, 5.74) is 7.08. The van der Waals surface area contributed by atoms with Gasteiger partial charge in [0.15, 0.2) is 0 Å². The van der Waals surface area contributed by atoms with E-state index in [0.717, 1.165) is 45.3 Å². The van der Waals surface area contributed by atoms with Gasteiger partial charge in [0.05, 0.1) is 23.0 Å². The molecule has 0 atom stereocenters. The topological polar surface area (TPSA) is 18.5 Å². The quantitative estimate of drug-likeness (QED) is 0.129. The third kappa shape index (κ3) is 5.72. The molecule has 0 N–H and O–H groups in total. The molecule has 0 fully saturated rings. The summed E-state index contributed by atoms with van der Waals surface area (Å²) < 4.78 is 12.2. The van der Waals surface area contributed by atoms with Crippen LogP contribution in [0.5, 0.6) is 23.0 Å². The van der Waals surface area contributed by atoms with Gasteiger partial charge >= 0.3 is 48.9 Å². The maximum absolute atomic E-state index is 6.12. The first kappa shape index (κ1) is 31.5. The van der Waals surface area contributed by atoms with Crippen LogP contribution in [-0.4, -0.2) is 48.9 Å². The van der Waals surface area contributed by atoms with E-state index in [9.17, 15) is 0 Å². The Bertz CT molecular complexity index is 2170. The van der Waals surface area contributed by atoms with Crippen LogP contribution in [0.15, 0.2) is 182 Å². The van der Waals surface area contributed by atoms with E-state index in [1.54, 1.807) is 0 Å². The van der Waals surface area contributed by atoms with Gasteiger partial charge in [-0.2, -0.15) is 0 Å². The summed E-state index contributed by atoms with van der Waals surface area (Å²) in [6, 6.07) is 63.2. The molecule has 2 nitrogen and oxygen atoms in total. The van der Waals surface area contributed by atoms with Crippen molar-refractivity contribution in [2.24, 2.45) is 0 Å². The van der Waals surface area contributed by atoms with E-state index >= 15 is 0 Å². The number of fused-ring (bicyclic) bond motifs is 6. The van der Waals surface area contributed by atoms with E-state index in [0.29, 0.717) is 0 Å². The molecule has 2 heterocycles. The van der Waals surface area contributed by atoms with Crippen LogP contribution in [0.2, 0.25) is 0 Å². The largest absolute Gasteiger partial charge is 2.00 e. The van der Waals surface area contributed by atoms with Crippen LogP contribution < -0.4 is 9.47 Å². The van der Waals surface area contributed by atoms with Crippen LogP contribution in [0.3, 0.4) is 0 Å². The fraction of sp³-hybridized carbons (Fsp3) is 0. The molecule has 228 valence electrons. The maximum Gasteiger partial charge on any atom is 2.00 e. The van der Waals surface area contributed by atoms with Gasteiger partial charge in [0.1, 0.15) is 0 Å². The van der Waals surface area contributed by atoms with Crippen molar-refractivity contribution < 1.29 is 9.47 Å². The molecule has 0 saturated heterocycles. The first-order valence-corrected chi connectivity index (χ1v) is 16.3. The number of hydrogen-bond donors (Lipinski definition) is 0. The third-order valence-electron chi connectivity index (χ3n) is 9.18. The molecule has 2 aliphatic rings. The Hall–Kier alpha value is -4.81. The Labute approximate surface area is 327 Å². The van der Waals surface area contributed by atoms with Gasteiger partial charge in [-0.05, 0) is 57.3 Å². The zero-order chi connectivity index (χ0) is 31.9. The minimum Gasteiger partial charge on any atom is -0.506 e. The van der Waals surface area contributed by atoms with Crippen LogP contribution in [0.1, 0.15) is 33.4 Å². The smallest absolute Gasteiger partial charge is 0.506 e. The van der Waals surface area contributed by atoms with Crippen molar-refractivity contribution in [3.63, 3.8) is 0 Å². The minimum absolute atomic E-state index is 0. The van der Waals surface area contributed by atoms with E-state index in [4.69, 9.17) is 9.47 Å². The van der Waals surface area contributed by atoms with Crippen molar-refractivity contribution in [2.45, 2.75) is 0 Å². The van der Waals surface area contributed by atoms with Crippen molar-refractivity contribution in [2.75, 3.05) is 0 Å². The summed E-state index contributed by atoms with van der Waals surface area (Å²) in [4.78, 5) is 0. The first-order chi connectivity index (χ1) is 23.8. The zero-order valence-corrected chi connectivity index (χ0v) is 31.3. The molecular weight excluding hydrogens is 722 g/mol. The number of hydrogen-bond acceptors (Lipinski definition) is 2. The summed E-state index contributed by atoms with van der Waals surface area (Å²) in [5.74, 6) is 6.14.